The van der Waals surface area contributed by atoms with E-state index < -0.39 is 12.1 Å². The van der Waals surface area contributed by atoms with Gasteiger partial charge in [0.2, 0.25) is 0 Å². The third kappa shape index (κ3) is 5.46. The number of hydrogen-bond donors (Lipinski definition) is 1. The summed E-state index contributed by atoms with van der Waals surface area (Å²) >= 11 is 0. The second-order valence-electron chi connectivity index (χ2n) is 7.18. The summed E-state index contributed by atoms with van der Waals surface area (Å²) in [6.45, 7) is 6.66. The number of aryl methyl sites for hydroxylation is 1. The van der Waals surface area contributed by atoms with Gasteiger partial charge in [0.05, 0.1) is 6.61 Å². The minimum absolute atomic E-state index is 0.132. The number of aromatic nitrogens is 1. The topological polar surface area (TPSA) is 93.3 Å². The van der Waals surface area contributed by atoms with Crippen molar-refractivity contribution in [2.45, 2.75) is 65.1 Å². The van der Waals surface area contributed by atoms with Gasteiger partial charge in [0.25, 0.3) is 5.91 Å². The van der Waals surface area contributed by atoms with Crippen LogP contribution in [0.4, 0.5) is 0 Å². The van der Waals surface area contributed by atoms with Crippen molar-refractivity contribution in [3.05, 3.63) is 28.6 Å². The predicted octanol–water partition coefficient (Wildman–Crippen LogP) is 2.65. The SMILES string of the molecule is COCCn1c(C)cc(/C=C(\C#N)C(=O)O[C@H](C)C(=O)NC2CCCC2)c1C. The molecule has 0 spiro atoms. The minimum atomic E-state index is -0.945. The molecular weight excluding hydrogens is 358 g/mol. The Morgan fingerprint density at radius 3 is 2.68 bits per heavy atom. The highest BCUT2D eigenvalue weighted by Gasteiger charge is 2.24. The molecule has 1 aliphatic carbocycles. The molecule has 1 heterocycles. The zero-order valence-electron chi connectivity index (χ0n) is 17.1. The zero-order valence-corrected chi connectivity index (χ0v) is 17.1. The fraction of sp³-hybridized carbons (Fsp3) is 0.571. The normalized spacial score (nSPS) is 15.9. The summed E-state index contributed by atoms with van der Waals surface area (Å²) in [5.41, 5.74) is 2.58. The average Bonchev–Trinajstić information content (AvgIpc) is 3.26. The van der Waals surface area contributed by atoms with E-state index in [1.54, 1.807) is 7.11 Å². The minimum Gasteiger partial charge on any atom is -0.448 e. The first-order chi connectivity index (χ1) is 13.4. The lowest BCUT2D eigenvalue weighted by Gasteiger charge is -2.16. The summed E-state index contributed by atoms with van der Waals surface area (Å²) in [7, 11) is 1.64. The van der Waals surface area contributed by atoms with E-state index >= 15 is 0 Å². The Hall–Kier alpha value is -2.59. The number of methoxy groups -OCH3 is 1. The molecule has 1 fully saturated rings. The molecule has 1 N–H and O–H groups in total. The molecule has 0 radical (unpaired) electrons. The number of hydrogen-bond acceptors (Lipinski definition) is 5. The maximum Gasteiger partial charge on any atom is 0.349 e. The van der Waals surface area contributed by atoms with Crippen LogP contribution in [0.3, 0.4) is 0 Å². The van der Waals surface area contributed by atoms with Crippen molar-refractivity contribution < 1.29 is 19.1 Å². The number of amides is 1. The van der Waals surface area contributed by atoms with Crippen LogP contribution >= 0.6 is 0 Å². The first kappa shape index (κ1) is 21.7. The largest absolute Gasteiger partial charge is 0.448 e. The molecule has 0 saturated heterocycles. The number of nitrogens with zero attached hydrogens (tertiary/aromatic N) is 2. The van der Waals surface area contributed by atoms with Gasteiger partial charge in [-0.2, -0.15) is 5.26 Å². The monoisotopic (exact) mass is 387 g/mol. The van der Waals surface area contributed by atoms with Gasteiger partial charge in [-0.3, -0.25) is 4.79 Å². The Kier molecular flexibility index (Phi) is 7.82. The molecule has 1 aromatic heterocycles. The number of esters is 1. The van der Waals surface area contributed by atoms with Crippen LogP contribution in [-0.4, -0.2) is 42.3 Å². The van der Waals surface area contributed by atoms with Crippen molar-refractivity contribution in [1.82, 2.24) is 9.88 Å². The van der Waals surface area contributed by atoms with E-state index in [-0.39, 0.29) is 17.5 Å². The number of nitrogens with one attached hydrogen (secondary N) is 1. The molecule has 1 aromatic rings. The second-order valence-corrected chi connectivity index (χ2v) is 7.18. The zero-order chi connectivity index (χ0) is 20.7. The third-order valence-electron chi connectivity index (χ3n) is 5.13. The number of nitriles is 1. The number of carbonyl (C=O) groups is 2. The Labute approximate surface area is 166 Å². The molecule has 0 unspecified atom stereocenters. The lowest BCUT2D eigenvalue weighted by Crippen LogP contribution is -2.41. The van der Waals surface area contributed by atoms with E-state index in [1.807, 2.05) is 26.0 Å². The lowest BCUT2D eigenvalue weighted by molar-refractivity contribution is -0.151. The van der Waals surface area contributed by atoms with Crippen molar-refractivity contribution in [3.63, 3.8) is 0 Å². The van der Waals surface area contributed by atoms with Gasteiger partial charge < -0.3 is 19.4 Å². The van der Waals surface area contributed by atoms with E-state index in [2.05, 4.69) is 9.88 Å². The quantitative estimate of drug-likeness (QED) is 0.420. The molecule has 2 rings (SSSR count). The van der Waals surface area contributed by atoms with E-state index in [0.717, 1.165) is 42.6 Å². The van der Waals surface area contributed by atoms with Crippen LogP contribution in [0.2, 0.25) is 0 Å². The number of rotatable bonds is 8. The molecule has 7 heteroatoms. The van der Waals surface area contributed by atoms with Crippen molar-refractivity contribution >= 4 is 18.0 Å². The molecule has 1 saturated carbocycles. The molecule has 28 heavy (non-hydrogen) atoms. The van der Waals surface area contributed by atoms with E-state index in [4.69, 9.17) is 9.47 Å². The van der Waals surface area contributed by atoms with Crippen molar-refractivity contribution in [3.8, 4) is 6.07 Å². The van der Waals surface area contributed by atoms with Crippen molar-refractivity contribution in [2.24, 2.45) is 0 Å². The highest BCUT2D eigenvalue weighted by atomic mass is 16.5. The summed E-state index contributed by atoms with van der Waals surface area (Å²) < 4.78 is 12.4. The van der Waals surface area contributed by atoms with Crippen molar-refractivity contribution in [1.29, 1.82) is 5.26 Å². The van der Waals surface area contributed by atoms with Gasteiger partial charge in [0.15, 0.2) is 6.10 Å². The Morgan fingerprint density at radius 2 is 2.07 bits per heavy atom. The third-order valence-corrected chi connectivity index (χ3v) is 5.13. The molecule has 0 aliphatic heterocycles. The van der Waals surface area contributed by atoms with Gasteiger partial charge in [-0.25, -0.2) is 4.79 Å². The van der Waals surface area contributed by atoms with Crippen LogP contribution in [0.25, 0.3) is 6.08 Å². The van der Waals surface area contributed by atoms with Crippen molar-refractivity contribution in [2.75, 3.05) is 13.7 Å². The van der Waals surface area contributed by atoms with Gasteiger partial charge in [-0.05, 0) is 51.3 Å². The molecule has 7 nitrogen and oxygen atoms in total. The molecule has 152 valence electrons. The number of ether oxygens (including phenoxy) is 2. The van der Waals surface area contributed by atoms with Crippen LogP contribution in [-0.2, 0) is 25.6 Å². The maximum absolute atomic E-state index is 12.4. The summed E-state index contributed by atoms with van der Waals surface area (Å²) in [4.78, 5) is 24.6. The van der Waals surface area contributed by atoms with Crippen LogP contribution < -0.4 is 5.32 Å². The lowest BCUT2D eigenvalue weighted by atomic mass is 10.1. The molecule has 1 amide bonds. The standard InChI is InChI=1S/C21H29N3O4/c1-14-11-17(15(2)24(14)9-10-27-4)12-18(13-22)21(26)28-16(3)20(25)23-19-7-5-6-8-19/h11-12,16,19H,5-10H2,1-4H3,(H,23,25)/b18-12+/t16-/m1/s1. The summed E-state index contributed by atoms with van der Waals surface area (Å²) in [6, 6.07) is 3.95. The van der Waals surface area contributed by atoms with Gasteiger partial charge in [-0.15, -0.1) is 0 Å². The fourth-order valence-electron chi connectivity index (χ4n) is 3.46. The molecule has 0 bridgehead atoms. The Balaban J connectivity index is 2.06. The summed E-state index contributed by atoms with van der Waals surface area (Å²) in [6.07, 6.45) is 4.67. The Morgan fingerprint density at radius 1 is 1.39 bits per heavy atom. The fourth-order valence-corrected chi connectivity index (χ4v) is 3.46. The smallest absolute Gasteiger partial charge is 0.349 e. The molecule has 1 atom stereocenters. The van der Waals surface area contributed by atoms with Gasteiger partial charge >= 0.3 is 5.97 Å². The molecule has 0 aromatic carbocycles. The van der Waals surface area contributed by atoms with Crippen LogP contribution in [0.5, 0.6) is 0 Å². The van der Waals surface area contributed by atoms with Crippen LogP contribution in [0, 0.1) is 25.2 Å². The average molecular weight is 387 g/mol. The number of carbonyl (C=O) groups excluding carboxylic acids is 2. The first-order valence-corrected chi connectivity index (χ1v) is 9.66. The van der Waals surface area contributed by atoms with Crippen LogP contribution in [0.1, 0.15) is 49.6 Å². The van der Waals surface area contributed by atoms with Gasteiger partial charge in [0, 0.05) is 31.1 Å². The second kappa shape index (κ2) is 10.1. The van der Waals surface area contributed by atoms with E-state index in [9.17, 15) is 14.9 Å². The maximum atomic E-state index is 12.4. The first-order valence-electron chi connectivity index (χ1n) is 9.66. The highest BCUT2D eigenvalue weighted by molar-refractivity contribution is 5.99. The predicted molar refractivity (Wildman–Crippen MR) is 105 cm³/mol. The summed E-state index contributed by atoms with van der Waals surface area (Å²) in [5.74, 6) is -1.12. The Bertz CT molecular complexity index is 782. The van der Waals surface area contributed by atoms with Crippen LogP contribution in [0.15, 0.2) is 11.6 Å². The summed E-state index contributed by atoms with van der Waals surface area (Å²) in [5, 5.41) is 12.3. The molecular formula is C21H29N3O4. The highest BCUT2D eigenvalue weighted by Crippen LogP contribution is 2.20. The van der Waals surface area contributed by atoms with E-state index in [1.165, 1.54) is 13.0 Å². The van der Waals surface area contributed by atoms with E-state index in [0.29, 0.717) is 13.2 Å². The molecule has 1 aliphatic rings. The van der Waals surface area contributed by atoms with Gasteiger partial charge in [-0.1, -0.05) is 12.8 Å². The van der Waals surface area contributed by atoms with Gasteiger partial charge in [0.1, 0.15) is 11.6 Å².